The molecular weight excluding hydrogens is 606 g/mol. The van der Waals surface area contributed by atoms with Gasteiger partial charge in [-0.25, -0.2) is 8.42 Å². The summed E-state index contributed by atoms with van der Waals surface area (Å²) >= 11 is 6.30. The Morgan fingerprint density at radius 2 is 1.44 bits per heavy atom. The predicted molar refractivity (Wildman–Crippen MR) is 181 cm³/mol. The second kappa shape index (κ2) is 15.7. The van der Waals surface area contributed by atoms with E-state index in [0.717, 1.165) is 27.4 Å². The fourth-order valence-corrected chi connectivity index (χ4v) is 6.67. The summed E-state index contributed by atoms with van der Waals surface area (Å²) in [7, 11) is -4.15. The molecule has 0 bridgehead atoms. The van der Waals surface area contributed by atoms with Crippen LogP contribution in [0.15, 0.2) is 114 Å². The van der Waals surface area contributed by atoms with Crippen molar-refractivity contribution in [2.45, 2.75) is 57.0 Å². The van der Waals surface area contributed by atoms with E-state index in [1.54, 1.807) is 48.5 Å². The standard InChI is InChI=1S/C36H40ClN3O4S/c1-4-22-38-36(42)34(24-28-12-7-5-8-13-28)39(25-29-14-11-15-31(37)23-29)35(41)26-40(32-20-18-30(19-21-32)27(2)3)45(43,44)33-16-9-6-10-17-33/h5-21,23,27,34H,4,22,24-26H2,1-3H3,(H,38,42)/t34-/m0/s1. The first-order chi connectivity index (χ1) is 21.6. The summed E-state index contributed by atoms with van der Waals surface area (Å²) in [5.41, 5.74) is 2.99. The van der Waals surface area contributed by atoms with E-state index in [1.165, 1.54) is 17.0 Å². The number of hydrogen-bond donors (Lipinski definition) is 1. The van der Waals surface area contributed by atoms with Crippen LogP contribution in [0.2, 0.25) is 5.02 Å². The Bertz CT molecular complexity index is 1660. The average molecular weight is 646 g/mol. The molecule has 9 heteroatoms. The van der Waals surface area contributed by atoms with Gasteiger partial charge in [0.05, 0.1) is 10.6 Å². The van der Waals surface area contributed by atoms with Gasteiger partial charge in [-0.3, -0.25) is 13.9 Å². The Hall–Kier alpha value is -4.14. The van der Waals surface area contributed by atoms with Crippen molar-refractivity contribution < 1.29 is 18.0 Å². The predicted octanol–water partition coefficient (Wildman–Crippen LogP) is 6.83. The van der Waals surface area contributed by atoms with Crippen LogP contribution in [0.5, 0.6) is 0 Å². The van der Waals surface area contributed by atoms with E-state index in [0.29, 0.717) is 17.3 Å². The quantitative estimate of drug-likeness (QED) is 0.163. The summed E-state index contributed by atoms with van der Waals surface area (Å²) < 4.78 is 29.3. The summed E-state index contributed by atoms with van der Waals surface area (Å²) in [5.74, 6) is -0.585. The Morgan fingerprint density at radius 1 is 0.822 bits per heavy atom. The average Bonchev–Trinajstić information content (AvgIpc) is 3.05. The van der Waals surface area contributed by atoms with Crippen LogP contribution in [0, 0.1) is 0 Å². The summed E-state index contributed by atoms with van der Waals surface area (Å²) in [5, 5.41) is 3.45. The number of hydrogen-bond acceptors (Lipinski definition) is 4. The third-order valence-corrected chi connectivity index (χ3v) is 9.54. The third-order valence-electron chi connectivity index (χ3n) is 7.52. The number of halogens is 1. The lowest BCUT2D eigenvalue weighted by atomic mass is 10.0. The number of rotatable bonds is 14. The normalized spacial score (nSPS) is 12.0. The Balaban J connectivity index is 1.79. The summed E-state index contributed by atoms with van der Waals surface area (Å²) in [6, 6.07) is 30.9. The maximum absolute atomic E-state index is 14.5. The molecule has 0 heterocycles. The van der Waals surface area contributed by atoms with Crippen LogP contribution in [-0.4, -0.2) is 44.3 Å². The van der Waals surface area contributed by atoms with Gasteiger partial charge in [-0.2, -0.15) is 0 Å². The lowest BCUT2D eigenvalue weighted by Crippen LogP contribution is -2.53. The highest BCUT2D eigenvalue weighted by Crippen LogP contribution is 2.27. The van der Waals surface area contributed by atoms with Gasteiger partial charge in [-0.05, 0) is 65.4 Å². The lowest BCUT2D eigenvalue weighted by molar-refractivity contribution is -0.140. The van der Waals surface area contributed by atoms with Crippen LogP contribution < -0.4 is 9.62 Å². The lowest BCUT2D eigenvalue weighted by Gasteiger charge is -2.34. The monoisotopic (exact) mass is 645 g/mol. The number of anilines is 1. The molecule has 4 aromatic rings. The zero-order valence-electron chi connectivity index (χ0n) is 25.9. The van der Waals surface area contributed by atoms with Crippen molar-refractivity contribution in [2.24, 2.45) is 0 Å². The second-order valence-corrected chi connectivity index (χ2v) is 13.5. The van der Waals surface area contributed by atoms with E-state index in [2.05, 4.69) is 19.2 Å². The molecule has 0 radical (unpaired) electrons. The van der Waals surface area contributed by atoms with E-state index in [9.17, 15) is 18.0 Å². The molecular formula is C36H40ClN3O4S. The molecule has 4 rings (SSSR count). The van der Waals surface area contributed by atoms with Crippen molar-refractivity contribution in [1.82, 2.24) is 10.2 Å². The molecule has 1 atom stereocenters. The molecule has 0 saturated carbocycles. The minimum Gasteiger partial charge on any atom is -0.354 e. The topological polar surface area (TPSA) is 86.8 Å². The molecule has 0 aliphatic rings. The first kappa shape index (κ1) is 33.7. The van der Waals surface area contributed by atoms with Gasteiger partial charge in [0, 0.05) is 24.5 Å². The van der Waals surface area contributed by atoms with Gasteiger partial charge in [-0.1, -0.05) is 105 Å². The number of sulfonamides is 1. The van der Waals surface area contributed by atoms with Crippen molar-refractivity contribution in [3.05, 3.63) is 131 Å². The fraction of sp³-hybridized carbons (Fsp3) is 0.278. The molecule has 236 valence electrons. The van der Waals surface area contributed by atoms with Gasteiger partial charge in [0.1, 0.15) is 12.6 Å². The number of carbonyl (C=O) groups is 2. The summed E-state index contributed by atoms with van der Waals surface area (Å²) in [6.45, 7) is 6.06. The summed E-state index contributed by atoms with van der Waals surface area (Å²) in [4.78, 5) is 29.7. The molecule has 4 aromatic carbocycles. The van der Waals surface area contributed by atoms with E-state index in [-0.39, 0.29) is 29.7 Å². The minimum absolute atomic E-state index is 0.0575. The Morgan fingerprint density at radius 3 is 2.04 bits per heavy atom. The highest BCUT2D eigenvalue weighted by atomic mass is 35.5. The molecule has 1 N–H and O–H groups in total. The number of carbonyl (C=O) groups excluding carboxylic acids is 2. The SMILES string of the molecule is CCCNC(=O)[C@H](Cc1ccccc1)N(Cc1cccc(Cl)c1)C(=O)CN(c1ccc(C(C)C)cc1)S(=O)(=O)c1ccccc1. The number of amides is 2. The van der Waals surface area contributed by atoms with Crippen molar-refractivity contribution in [1.29, 1.82) is 0 Å². The largest absolute Gasteiger partial charge is 0.354 e. The molecule has 0 fully saturated rings. The molecule has 2 amide bonds. The van der Waals surface area contributed by atoms with E-state index in [4.69, 9.17) is 11.6 Å². The number of benzene rings is 4. The maximum atomic E-state index is 14.5. The molecule has 0 unspecified atom stereocenters. The van der Waals surface area contributed by atoms with Crippen LogP contribution in [0.25, 0.3) is 0 Å². The second-order valence-electron chi connectivity index (χ2n) is 11.2. The van der Waals surface area contributed by atoms with Gasteiger partial charge >= 0.3 is 0 Å². The van der Waals surface area contributed by atoms with Crippen molar-refractivity contribution >= 4 is 39.1 Å². The molecule has 45 heavy (non-hydrogen) atoms. The van der Waals surface area contributed by atoms with Crippen LogP contribution >= 0.6 is 11.6 Å². The maximum Gasteiger partial charge on any atom is 0.264 e. The molecule has 7 nitrogen and oxygen atoms in total. The zero-order chi connectivity index (χ0) is 32.4. The Labute approximate surface area is 271 Å². The van der Waals surface area contributed by atoms with E-state index < -0.39 is 28.5 Å². The van der Waals surface area contributed by atoms with Crippen LogP contribution in [-0.2, 0) is 32.6 Å². The van der Waals surface area contributed by atoms with Gasteiger partial charge in [0.15, 0.2) is 0 Å². The molecule has 0 spiro atoms. The highest BCUT2D eigenvalue weighted by Gasteiger charge is 2.34. The first-order valence-corrected chi connectivity index (χ1v) is 16.9. The molecule has 0 aromatic heterocycles. The van der Waals surface area contributed by atoms with E-state index >= 15 is 0 Å². The number of nitrogens with zero attached hydrogens (tertiary/aromatic N) is 2. The van der Waals surface area contributed by atoms with Crippen LogP contribution in [0.1, 0.15) is 49.8 Å². The van der Waals surface area contributed by atoms with Crippen LogP contribution in [0.4, 0.5) is 5.69 Å². The van der Waals surface area contributed by atoms with Gasteiger partial charge in [0.25, 0.3) is 10.0 Å². The molecule has 0 aliphatic heterocycles. The van der Waals surface area contributed by atoms with E-state index in [1.807, 2.05) is 55.5 Å². The minimum atomic E-state index is -4.15. The Kier molecular flexibility index (Phi) is 11.8. The fourth-order valence-electron chi connectivity index (χ4n) is 5.03. The summed E-state index contributed by atoms with van der Waals surface area (Å²) in [6.07, 6.45) is 0.971. The molecule has 0 saturated heterocycles. The van der Waals surface area contributed by atoms with Crippen molar-refractivity contribution in [2.75, 3.05) is 17.4 Å². The smallest absolute Gasteiger partial charge is 0.264 e. The zero-order valence-corrected chi connectivity index (χ0v) is 27.5. The van der Waals surface area contributed by atoms with Gasteiger partial charge in [0.2, 0.25) is 11.8 Å². The number of nitrogens with one attached hydrogen (secondary N) is 1. The van der Waals surface area contributed by atoms with Crippen molar-refractivity contribution in [3.63, 3.8) is 0 Å². The van der Waals surface area contributed by atoms with Crippen molar-refractivity contribution in [3.8, 4) is 0 Å². The first-order valence-electron chi connectivity index (χ1n) is 15.1. The molecule has 0 aliphatic carbocycles. The third kappa shape index (κ3) is 8.96. The van der Waals surface area contributed by atoms with Gasteiger partial charge in [-0.15, -0.1) is 0 Å². The highest BCUT2D eigenvalue weighted by molar-refractivity contribution is 7.92. The van der Waals surface area contributed by atoms with Gasteiger partial charge < -0.3 is 10.2 Å². The van der Waals surface area contributed by atoms with Crippen LogP contribution in [0.3, 0.4) is 0 Å².